The molecule has 1 aromatic carbocycles. The van der Waals surface area contributed by atoms with Gasteiger partial charge in [0.25, 0.3) is 0 Å². The Labute approximate surface area is 109 Å². The Morgan fingerprint density at radius 2 is 2.00 bits per heavy atom. The van der Waals surface area contributed by atoms with E-state index in [0.717, 1.165) is 0 Å². The maximum atomic E-state index is 12.3. The van der Waals surface area contributed by atoms with Crippen LogP contribution in [-0.2, 0) is 19.1 Å². The van der Waals surface area contributed by atoms with Gasteiger partial charge in [-0.2, -0.15) is 0 Å². The molecule has 100 valence electrons. The van der Waals surface area contributed by atoms with Crippen molar-refractivity contribution in [2.45, 2.75) is 12.5 Å². The molecule has 1 unspecified atom stereocenters. The molecule has 1 aliphatic rings. The third-order valence-electron chi connectivity index (χ3n) is 2.86. The second kappa shape index (κ2) is 4.81. The molecule has 0 spiro atoms. The highest BCUT2D eigenvalue weighted by Crippen LogP contribution is 2.31. The molecule has 6 nitrogen and oxygen atoms in total. The molecular formula is C13H12O6. The van der Waals surface area contributed by atoms with Gasteiger partial charge < -0.3 is 14.2 Å². The van der Waals surface area contributed by atoms with E-state index in [4.69, 9.17) is 9.47 Å². The standard InChI is InChI=1S/C13H12O6/c1-13(18-7-10(14)17-2)11(15)8-5-3-4-6-9(8)19-12(13)16/h3-6H,7H2,1-2H3. The summed E-state index contributed by atoms with van der Waals surface area (Å²) in [5.41, 5.74) is -1.59. The van der Waals surface area contributed by atoms with Crippen molar-refractivity contribution in [3.05, 3.63) is 29.8 Å². The number of hydrogen-bond acceptors (Lipinski definition) is 6. The van der Waals surface area contributed by atoms with E-state index in [1.165, 1.54) is 26.2 Å². The number of ketones is 1. The van der Waals surface area contributed by atoms with Crippen molar-refractivity contribution in [1.29, 1.82) is 0 Å². The zero-order valence-electron chi connectivity index (χ0n) is 10.5. The average molecular weight is 264 g/mol. The molecule has 0 aliphatic carbocycles. The minimum Gasteiger partial charge on any atom is -0.467 e. The van der Waals surface area contributed by atoms with E-state index in [1.807, 2.05) is 0 Å². The lowest BCUT2D eigenvalue weighted by Gasteiger charge is -2.30. The van der Waals surface area contributed by atoms with Crippen molar-refractivity contribution >= 4 is 17.7 Å². The molecule has 1 heterocycles. The monoisotopic (exact) mass is 264 g/mol. The molecule has 2 rings (SSSR count). The van der Waals surface area contributed by atoms with E-state index < -0.39 is 29.9 Å². The van der Waals surface area contributed by atoms with Gasteiger partial charge in [0.1, 0.15) is 12.4 Å². The Morgan fingerprint density at radius 3 is 2.68 bits per heavy atom. The number of carbonyl (C=O) groups is 3. The molecule has 19 heavy (non-hydrogen) atoms. The molecule has 0 saturated heterocycles. The van der Waals surface area contributed by atoms with E-state index >= 15 is 0 Å². The number of benzene rings is 1. The first-order chi connectivity index (χ1) is 8.99. The van der Waals surface area contributed by atoms with Crippen LogP contribution >= 0.6 is 0 Å². The van der Waals surface area contributed by atoms with Gasteiger partial charge in [-0.1, -0.05) is 12.1 Å². The largest absolute Gasteiger partial charge is 0.467 e. The molecule has 0 fully saturated rings. The van der Waals surface area contributed by atoms with Crippen LogP contribution in [0.2, 0.25) is 0 Å². The summed E-state index contributed by atoms with van der Waals surface area (Å²) in [6.07, 6.45) is 0. The molecule has 0 radical (unpaired) electrons. The van der Waals surface area contributed by atoms with Crippen LogP contribution in [0.5, 0.6) is 5.75 Å². The van der Waals surface area contributed by atoms with Crippen LogP contribution in [-0.4, -0.2) is 37.0 Å². The van der Waals surface area contributed by atoms with Gasteiger partial charge >= 0.3 is 11.9 Å². The quantitative estimate of drug-likeness (QED) is 0.455. The number of methoxy groups -OCH3 is 1. The molecule has 0 amide bonds. The highest BCUT2D eigenvalue weighted by molar-refractivity contribution is 6.19. The van der Waals surface area contributed by atoms with Crippen LogP contribution in [0, 0.1) is 0 Å². The van der Waals surface area contributed by atoms with Gasteiger partial charge in [-0.3, -0.25) is 4.79 Å². The third kappa shape index (κ3) is 2.22. The molecule has 0 saturated carbocycles. The maximum absolute atomic E-state index is 12.3. The second-order valence-corrected chi connectivity index (χ2v) is 4.11. The van der Waals surface area contributed by atoms with Gasteiger partial charge in [-0.25, -0.2) is 9.59 Å². The second-order valence-electron chi connectivity index (χ2n) is 4.11. The Balaban J connectivity index is 2.29. The van der Waals surface area contributed by atoms with E-state index in [2.05, 4.69) is 4.74 Å². The predicted molar refractivity (Wildman–Crippen MR) is 62.8 cm³/mol. The van der Waals surface area contributed by atoms with Crippen LogP contribution in [0.4, 0.5) is 0 Å². The van der Waals surface area contributed by atoms with Gasteiger partial charge in [0, 0.05) is 0 Å². The third-order valence-corrected chi connectivity index (χ3v) is 2.86. The van der Waals surface area contributed by atoms with E-state index in [0.29, 0.717) is 0 Å². The van der Waals surface area contributed by atoms with Crippen LogP contribution in [0.25, 0.3) is 0 Å². The van der Waals surface area contributed by atoms with Gasteiger partial charge in [-0.15, -0.1) is 0 Å². The van der Waals surface area contributed by atoms with Crippen LogP contribution < -0.4 is 4.74 Å². The lowest BCUT2D eigenvalue weighted by molar-refractivity contribution is -0.163. The fraction of sp³-hybridized carbons (Fsp3) is 0.308. The summed E-state index contributed by atoms with van der Waals surface area (Å²) in [6.45, 7) is 0.770. The number of fused-ring (bicyclic) bond motifs is 1. The summed E-state index contributed by atoms with van der Waals surface area (Å²) >= 11 is 0. The number of ether oxygens (including phenoxy) is 3. The Morgan fingerprint density at radius 1 is 1.32 bits per heavy atom. The summed E-state index contributed by atoms with van der Waals surface area (Å²) in [5, 5.41) is 0. The fourth-order valence-electron chi connectivity index (χ4n) is 1.68. The van der Waals surface area contributed by atoms with Gasteiger partial charge in [0.15, 0.2) is 0 Å². The molecule has 1 atom stereocenters. The van der Waals surface area contributed by atoms with Gasteiger partial charge in [-0.05, 0) is 19.1 Å². The highest BCUT2D eigenvalue weighted by atomic mass is 16.6. The predicted octanol–water partition coefficient (Wildman–Crippen LogP) is 0.737. The zero-order valence-corrected chi connectivity index (χ0v) is 10.5. The average Bonchev–Trinajstić information content (AvgIpc) is 2.42. The van der Waals surface area contributed by atoms with Crippen molar-refractivity contribution in [3.8, 4) is 5.75 Å². The number of rotatable bonds is 3. The molecule has 0 N–H and O–H groups in total. The number of carbonyl (C=O) groups excluding carboxylic acids is 3. The number of Topliss-reactive ketones (excluding diaryl/α,β-unsaturated/α-hetero) is 1. The van der Waals surface area contributed by atoms with Crippen molar-refractivity contribution < 1.29 is 28.6 Å². The summed E-state index contributed by atoms with van der Waals surface area (Å²) in [5.74, 6) is -1.87. The zero-order chi connectivity index (χ0) is 14.0. The molecule has 1 aromatic rings. The van der Waals surface area contributed by atoms with Crippen LogP contribution in [0.15, 0.2) is 24.3 Å². The molecule has 0 bridgehead atoms. The summed E-state index contributed by atoms with van der Waals surface area (Å²) in [4.78, 5) is 35.2. The lowest BCUT2D eigenvalue weighted by atomic mass is 9.91. The number of hydrogen-bond donors (Lipinski definition) is 0. The SMILES string of the molecule is COC(=O)COC1(C)C(=O)Oc2ccccc2C1=O. The van der Waals surface area contributed by atoms with Crippen molar-refractivity contribution in [3.63, 3.8) is 0 Å². The van der Waals surface area contributed by atoms with Crippen molar-refractivity contribution in [2.75, 3.05) is 13.7 Å². The minimum absolute atomic E-state index is 0.191. The van der Waals surface area contributed by atoms with E-state index in [9.17, 15) is 14.4 Å². The topological polar surface area (TPSA) is 78.9 Å². The first-order valence-corrected chi connectivity index (χ1v) is 5.56. The number of esters is 2. The summed E-state index contributed by atoms with van der Waals surface area (Å²) in [6, 6.07) is 6.35. The summed E-state index contributed by atoms with van der Waals surface area (Å²) < 4.78 is 14.6. The first-order valence-electron chi connectivity index (χ1n) is 5.56. The molecule has 1 aliphatic heterocycles. The van der Waals surface area contributed by atoms with Crippen molar-refractivity contribution in [1.82, 2.24) is 0 Å². The highest BCUT2D eigenvalue weighted by Gasteiger charge is 2.49. The fourth-order valence-corrected chi connectivity index (χ4v) is 1.68. The lowest BCUT2D eigenvalue weighted by Crippen LogP contribution is -2.52. The van der Waals surface area contributed by atoms with Crippen molar-refractivity contribution in [2.24, 2.45) is 0 Å². The summed E-state index contributed by atoms with van der Waals surface area (Å²) in [7, 11) is 1.18. The van der Waals surface area contributed by atoms with E-state index in [-0.39, 0.29) is 11.3 Å². The minimum atomic E-state index is -1.83. The Bertz CT molecular complexity index is 550. The first kappa shape index (κ1) is 13.2. The molecule has 0 aromatic heterocycles. The molecular weight excluding hydrogens is 252 g/mol. The molecule has 6 heteroatoms. The normalized spacial score (nSPS) is 21.6. The Hall–Kier alpha value is -2.21. The van der Waals surface area contributed by atoms with Gasteiger partial charge in [0.2, 0.25) is 11.4 Å². The Kier molecular flexibility index (Phi) is 3.35. The van der Waals surface area contributed by atoms with Gasteiger partial charge in [0.05, 0.1) is 12.7 Å². The maximum Gasteiger partial charge on any atom is 0.351 e. The van der Waals surface area contributed by atoms with Crippen LogP contribution in [0.3, 0.4) is 0 Å². The number of para-hydroxylation sites is 1. The smallest absolute Gasteiger partial charge is 0.351 e. The van der Waals surface area contributed by atoms with Crippen LogP contribution in [0.1, 0.15) is 17.3 Å². The van der Waals surface area contributed by atoms with E-state index in [1.54, 1.807) is 12.1 Å².